The second-order valence-electron chi connectivity index (χ2n) is 6.40. The average Bonchev–Trinajstić information content (AvgIpc) is 3.11. The fourth-order valence-corrected chi connectivity index (χ4v) is 3.55. The summed E-state index contributed by atoms with van der Waals surface area (Å²) in [6.07, 6.45) is 0. The first-order valence-electron chi connectivity index (χ1n) is 8.55. The zero-order chi connectivity index (χ0) is 18.4. The van der Waals surface area contributed by atoms with Crippen LogP contribution < -0.4 is 4.90 Å². The topological polar surface area (TPSA) is 85.4 Å². The van der Waals surface area contributed by atoms with Crippen LogP contribution >= 0.6 is 0 Å². The molecule has 4 rings (SSSR count). The molecule has 1 aliphatic heterocycles. The lowest BCUT2D eigenvalue weighted by molar-refractivity contribution is 0.411. The summed E-state index contributed by atoms with van der Waals surface area (Å²) in [4.78, 5) is 6.40. The van der Waals surface area contributed by atoms with Crippen LogP contribution in [0.15, 0.2) is 48.2 Å². The van der Waals surface area contributed by atoms with Crippen molar-refractivity contribution in [2.75, 3.05) is 11.4 Å². The number of nitrogens with zero attached hydrogens (tertiary/aromatic N) is 3. The largest absolute Gasteiger partial charge is 0.509 e. The van der Waals surface area contributed by atoms with Crippen molar-refractivity contribution in [2.24, 2.45) is 0 Å². The van der Waals surface area contributed by atoms with Crippen molar-refractivity contribution in [2.45, 2.75) is 20.4 Å². The third kappa shape index (κ3) is 2.34. The number of hydrogen-bond donors (Lipinski definition) is 3. The lowest BCUT2D eigenvalue weighted by Gasteiger charge is -2.21. The van der Waals surface area contributed by atoms with Gasteiger partial charge in [-0.2, -0.15) is 0 Å². The van der Waals surface area contributed by atoms with Gasteiger partial charge in [0.05, 0.1) is 23.2 Å². The standard InChI is InChI=1S/C20H20N4O2/c1-3-23-16-7-5-4-6-14(16)22-20(23)18-17(26)11-24(19(18)21)15-9-8-13(25)10-12(15)2/h4-10,21,25-26H,3,11H2,1-2H3. The summed E-state index contributed by atoms with van der Waals surface area (Å²) in [5, 5.41) is 28.9. The van der Waals surface area contributed by atoms with Gasteiger partial charge in [0.15, 0.2) is 0 Å². The molecule has 6 heteroatoms. The van der Waals surface area contributed by atoms with Crippen molar-refractivity contribution in [3.8, 4) is 5.75 Å². The van der Waals surface area contributed by atoms with Crippen molar-refractivity contribution in [1.29, 1.82) is 5.41 Å². The molecule has 0 saturated carbocycles. The van der Waals surface area contributed by atoms with Crippen molar-refractivity contribution >= 4 is 28.1 Å². The summed E-state index contributed by atoms with van der Waals surface area (Å²) in [6.45, 7) is 4.80. The van der Waals surface area contributed by atoms with Crippen LogP contribution in [0.2, 0.25) is 0 Å². The predicted octanol–water partition coefficient (Wildman–Crippen LogP) is 3.84. The number of hydrogen-bond acceptors (Lipinski definition) is 4. The third-order valence-electron chi connectivity index (χ3n) is 4.77. The number of nitrogens with one attached hydrogen (secondary N) is 1. The first kappa shape index (κ1) is 16.2. The van der Waals surface area contributed by atoms with Crippen LogP contribution in [0.4, 0.5) is 5.69 Å². The fraction of sp³-hybridized carbons (Fsp3) is 0.200. The SMILES string of the molecule is CCn1c(C2=C(O)CN(c3ccc(O)cc3C)C2=N)nc2ccccc21. The highest BCUT2D eigenvalue weighted by Gasteiger charge is 2.33. The van der Waals surface area contributed by atoms with E-state index in [1.54, 1.807) is 23.1 Å². The lowest BCUT2D eigenvalue weighted by Crippen LogP contribution is -2.27. The molecule has 26 heavy (non-hydrogen) atoms. The molecule has 0 spiro atoms. The summed E-state index contributed by atoms with van der Waals surface area (Å²) < 4.78 is 2.02. The van der Waals surface area contributed by atoms with Gasteiger partial charge in [-0.05, 0) is 49.7 Å². The Labute approximate surface area is 151 Å². The minimum absolute atomic E-state index is 0.132. The van der Waals surface area contributed by atoms with E-state index in [0.717, 1.165) is 22.3 Å². The lowest BCUT2D eigenvalue weighted by atomic mass is 10.1. The van der Waals surface area contributed by atoms with Gasteiger partial charge in [0, 0.05) is 12.2 Å². The molecule has 2 aromatic carbocycles. The van der Waals surface area contributed by atoms with Crippen molar-refractivity contribution in [3.05, 3.63) is 59.6 Å². The summed E-state index contributed by atoms with van der Waals surface area (Å²) in [7, 11) is 0. The van der Waals surface area contributed by atoms with E-state index in [-0.39, 0.29) is 23.9 Å². The van der Waals surface area contributed by atoms with E-state index in [4.69, 9.17) is 5.41 Å². The number of rotatable bonds is 3. The maximum absolute atomic E-state index is 10.6. The molecule has 0 bridgehead atoms. The number of fused-ring (bicyclic) bond motifs is 1. The molecular weight excluding hydrogens is 328 g/mol. The molecular formula is C20H20N4O2. The minimum atomic E-state index is 0.132. The van der Waals surface area contributed by atoms with E-state index in [1.165, 1.54) is 0 Å². The number of anilines is 1. The van der Waals surface area contributed by atoms with E-state index in [0.29, 0.717) is 17.9 Å². The molecule has 1 aliphatic rings. The van der Waals surface area contributed by atoms with Crippen LogP contribution in [0.5, 0.6) is 5.75 Å². The van der Waals surface area contributed by atoms with Crippen LogP contribution in [0.25, 0.3) is 16.6 Å². The Morgan fingerprint density at radius 3 is 2.65 bits per heavy atom. The maximum atomic E-state index is 10.6. The second-order valence-corrected chi connectivity index (χ2v) is 6.40. The Hall–Kier alpha value is -3.28. The second kappa shape index (κ2) is 5.91. The Bertz CT molecular complexity index is 1060. The number of phenolic OH excluding ortho intramolecular Hbond substituents is 1. The highest BCUT2D eigenvalue weighted by molar-refractivity contribution is 6.30. The summed E-state index contributed by atoms with van der Waals surface area (Å²) in [6, 6.07) is 12.8. The van der Waals surface area contributed by atoms with Crippen LogP contribution in [0, 0.1) is 12.3 Å². The van der Waals surface area contributed by atoms with Gasteiger partial charge in [-0.25, -0.2) is 4.98 Å². The van der Waals surface area contributed by atoms with E-state index in [2.05, 4.69) is 4.98 Å². The van der Waals surface area contributed by atoms with Gasteiger partial charge < -0.3 is 19.7 Å². The quantitative estimate of drug-likeness (QED) is 0.671. The fourth-order valence-electron chi connectivity index (χ4n) is 3.55. The zero-order valence-electron chi connectivity index (χ0n) is 14.7. The number of benzene rings is 2. The first-order valence-corrected chi connectivity index (χ1v) is 8.55. The number of phenols is 1. The molecule has 3 N–H and O–H groups in total. The number of aliphatic hydroxyl groups excluding tert-OH is 1. The molecule has 0 fully saturated rings. The minimum Gasteiger partial charge on any atom is -0.509 e. The molecule has 3 aromatic rings. The Kier molecular flexibility index (Phi) is 3.68. The molecule has 0 aliphatic carbocycles. The van der Waals surface area contributed by atoms with Crippen molar-refractivity contribution < 1.29 is 10.2 Å². The van der Waals surface area contributed by atoms with Gasteiger partial charge in [0.2, 0.25) is 0 Å². The molecule has 0 radical (unpaired) electrons. The normalized spacial score (nSPS) is 14.7. The van der Waals surface area contributed by atoms with E-state index < -0.39 is 0 Å². The molecule has 6 nitrogen and oxygen atoms in total. The Morgan fingerprint density at radius 1 is 1.15 bits per heavy atom. The molecule has 2 heterocycles. The van der Waals surface area contributed by atoms with Gasteiger partial charge in [0.25, 0.3) is 0 Å². The van der Waals surface area contributed by atoms with Crippen LogP contribution in [0.3, 0.4) is 0 Å². The molecule has 0 atom stereocenters. The van der Waals surface area contributed by atoms with Crippen LogP contribution in [-0.4, -0.2) is 32.1 Å². The van der Waals surface area contributed by atoms with Gasteiger partial charge in [-0.3, -0.25) is 5.41 Å². The molecule has 0 unspecified atom stereocenters. The number of aromatic nitrogens is 2. The molecule has 1 aromatic heterocycles. The maximum Gasteiger partial charge on any atom is 0.148 e. The molecule has 0 amide bonds. The van der Waals surface area contributed by atoms with Crippen molar-refractivity contribution in [3.63, 3.8) is 0 Å². The zero-order valence-corrected chi connectivity index (χ0v) is 14.7. The van der Waals surface area contributed by atoms with Gasteiger partial charge in [-0.15, -0.1) is 0 Å². The summed E-state index contributed by atoms with van der Waals surface area (Å²) in [5.74, 6) is 1.13. The van der Waals surface area contributed by atoms with Gasteiger partial charge in [0.1, 0.15) is 23.2 Å². The number of aryl methyl sites for hydroxylation is 2. The van der Waals surface area contributed by atoms with Gasteiger partial charge in [-0.1, -0.05) is 12.1 Å². The summed E-state index contributed by atoms with van der Waals surface area (Å²) >= 11 is 0. The molecule has 132 valence electrons. The first-order chi connectivity index (χ1) is 12.5. The molecule has 0 saturated heterocycles. The number of aliphatic hydroxyl groups is 1. The van der Waals surface area contributed by atoms with Crippen LogP contribution in [-0.2, 0) is 6.54 Å². The highest BCUT2D eigenvalue weighted by atomic mass is 16.3. The van der Waals surface area contributed by atoms with Gasteiger partial charge >= 0.3 is 0 Å². The number of amidine groups is 1. The number of para-hydroxylation sites is 2. The van der Waals surface area contributed by atoms with E-state index in [9.17, 15) is 10.2 Å². The van der Waals surface area contributed by atoms with Crippen LogP contribution in [0.1, 0.15) is 18.3 Å². The monoisotopic (exact) mass is 348 g/mol. The third-order valence-corrected chi connectivity index (χ3v) is 4.77. The highest BCUT2D eigenvalue weighted by Crippen LogP contribution is 2.34. The van der Waals surface area contributed by atoms with Crippen molar-refractivity contribution in [1.82, 2.24) is 9.55 Å². The summed E-state index contributed by atoms with van der Waals surface area (Å²) in [5.41, 5.74) is 3.91. The smallest absolute Gasteiger partial charge is 0.148 e. The number of aromatic hydroxyl groups is 1. The average molecular weight is 348 g/mol. The van der Waals surface area contributed by atoms with E-state index in [1.807, 2.05) is 42.7 Å². The Morgan fingerprint density at radius 2 is 1.92 bits per heavy atom. The van der Waals surface area contributed by atoms with E-state index >= 15 is 0 Å². The predicted molar refractivity (Wildman–Crippen MR) is 103 cm³/mol. The number of imidazole rings is 1. The Balaban J connectivity index is 1.81.